The smallest absolute Gasteiger partial charge is 0.462 e. The topological polar surface area (TPSA) is 237 Å². The molecule has 0 aliphatic heterocycles. The number of aliphatic hydroxyl groups is 1. The fourth-order valence-electron chi connectivity index (χ4n) is 11.7. The molecule has 570 valence electrons. The lowest BCUT2D eigenvalue weighted by Crippen LogP contribution is -2.30. The number of unbranched alkanes of at least 4 members (excludes halogenated alkanes) is 39. The number of esters is 4. The first kappa shape index (κ1) is 94.1. The number of carbonyl (C=O) groups excluding carboxylic acids is 4. The Hall–Kier alpha value is -1.94. The predicted molar refractivity (Wildman–Crippen MR) is 391 cm³/mol. The Morgan fingerprint density at radius 2 is 0.500 bits per heavy atom. The van der Waals surface area contributed by atoms with Gasteiger partial charge >= 0.3 is 39.5 Å². The number of phosphoric ester groups is 2. The first-order valence-electron chi connectivity index (χ1n) is 39.7. The number of aliphatic hydroxyl groups excluding tert-OH is 1. The predicted octanol–water partition coefficient (Wildman–Crippen LogP) is 22.4. The Labute approximate surface area is 588 Å². The number of rotatable bonds is 74. The van der Waals surface area contributed by atoms with Crippen LogP contribution in [0.5, 0.6) is 0 Å². The van der Waals surface area contributed by atoms with Gasteiger partial charge in [-0.2, -0.15) is 0 Å². The van der Waals surface area contributed by atoms with Gasteiger partial charge in [0.1, 0.15) is 19.3 Å². The van der Waals surface area contributed by atoms with E-state index in [0.717, 1.165) is 115 Å². The molecular weight excluding hydrogens is 1260 g/mol. The van der Waals surface area contributed by atoms with E-state index in [4.69, 9.17) is 37.0 Å². The third-order valence-corrected chi connectivity index (χ3v) is 20.1. The third-order valence-electron chi connectivity index (χ3n) is 18.2. The number of carbonyl (C=O) groups is 4. The molecule has 3 N–H and O–H groups in total. The highest BCUT2D eigenvalue weighted by Gasteiger charge is 2.30. The quantitative estimate of drug-likeness (QED) is 0.0222. The van der Waals surface area contributed by atoms with Crippen LogP contribution < -0.4 is 0 Å². The lowest BCUT2D eigenvalue weighted by atomic mass is 9.99. The van der Waals surface area contributed by atoms with E-state index in [1.807, 2.05) is 0 Å². The van der Waals surface area contributed by atoms with Crippen molar-refractivity contribution in [1.82, 2.24) is 0 Å². The van der Waals surface area contributed by atoms with Gasteiger partial charge in [0.25, 0.3) is 0 Å². The van der Waals surface area contributed by atoms with E-state index in [1.165, 1.54) is 180 Å². The molecule has 0 aromatic heterocycles. The fourth-order valence-corrected chi connectivity index (χ4v) is 13.3. The molecule has 0 saturated carbocycles. The lowest BCUT2D eigenvalue weighted by molar-refractivity contribution is -0.161. The molecule has 4 unspecified atom stereocenters. The minimum Gasteiger partial charge on any atom is -0.462 e. The SMILES string of the molecule is CCC(C)CCCCCCCCCCCCCCCCC(=O)O[C@H](COC(=O)CCCCCCCCCC(C)C)COP(=O)(O)OCC(O)COP(=O)(O)OC[C@@H](COC(=O)CCCCCCCCCC(C)C)OC(=O)CCCCCCCCCCCCCCCCCC(C)C. The van der Waals surface area contributed by atoms with Crippen LogP contribution in [-0.2, 0) is 65.4 Å². The van der Waals surface area contributed by atoms with Crippen molar-refractivity contribution in [2.24, 2.45) is 23.7 Å². The monoisotopic (exact) mass is 1410 g/mol. The van der Waals surface area contributed by atoms with Crippen LogP contribution in [0.1, 0.15) is 389 Å². The minimum atomic E-state index is -4.96. The standard InChI is InChI=1S/C77H150O17P2/c1-9-70(8)56-48-40-32-24-20-16-13-14-18-22-26-34-44-52-60-77(82)94-73(64-88-75(80)58-50-42-36-28-31-39-47-55-69(6)7)66-92-96(85,86)90-62-71(78)61-89-95(83,84)91-65-72(63-87-74(79)57-49-41-35-27-30-38-46-54-68(4)5)93-76(81)59-51-43-33-25-21-17-12-10-11-15-19-23-29-37-45-53-67(2)3/h67-73,78H,9-66H2,1-8H3,(H,83,84)(H,85,86)/t70?,71?,72-,73-/m1/s1. The maximum Gasteiger partial charge on any atom is 0.472 e. The highest BCUT2D eigenvalue weighted by molar-refractivity contribution is 7.47. The number of hydrogen-bond donors (Lipinski definition) is 3. The van der Waals surface area contributed by atoms with E-state index >= 15 is 0 Å². The van der Waals surface area contributed by atoms with E-state index in [9.17, 15) is 43.2 Å². The molecular formula is C77H150O17P2. The molecule has 0 radical (unpaired) electrons. The highest BCUT2D eigenvalue weighted by atomic mass is 31.2. The summed E-state index contributed by atoms with van der Waals surface area (Å²) >= 11 is 0. The molecule has 0 amide bonds. The largest absolute Gasteiger partial charge is 0.472 e. The number of phosphoric acid groups is 2. The average Bonchev–Trinajstić information content (AvgIpc) is 1.53. The Balaban J connectivity index is 5.20. The molecule has 6 atom stereocenters. The van der Waals surface area contributed by atoms with Crippen LogP contribution in [0.4, 0.5) is 0 Å². The van der Waals surface area contributed by atoms with E-state index in [0.29, 0.717) is 37.5 Å². The second-order valence-corrected chi connectivity index (χ2v) is 32.3. The second kappa shape index (κ2) is 66.3. The van der Waals surface area contributed by atoms with Crippen LogP contribution >= 0.6 is 15.6 Å². The average molecular weight is 1410 g/mol. The first-order valence-corrected chi connectivity index (χ1v) is 42.7. The Kier molecular flexibility index (Phi) is 65.0. The molecule has 0 saturated heterocycles. The van der Waals surface area contributed by atoms with Crippen LogP contribution in [0.3, 0.4) is 0 Å². The normalized spacial score (nSPS) is 14.4. The van der Waals surface area contributed by atoms with Crippen LogP contribution in [0.2, 0.25) is 0 Å². The summed E-state index contributed by atoms with van der Waals surface area (Å²) in [4.78, 5) is 72.8. The van der Waals surface area contributed by atoms with Crippen molar-refractivity contribution in [3.63, 3.8) is 0 Å². The maximum absolute atomic E-state index is 13.1. The molecule has 0 heterocycles. The minimum absolute atomic E-state index is 0.106. The van der Waals surface area contributed by atoms with Crippen molar-refractivity contribution >= 4 is 39.5 Å². The van der Waals surface area contributed by atoms with Crippen molar-refractivity contribution in [3.8, 4) is 0 Å². The van der Waals surface area contributed by atoms with Gasteiger partial charge in [-0.3, -0.25) is 37.3 Å². The van der Waals surface area contributed by atoms with E-state index in [2.05, 4.69) is 55.4 Å². The van der Waals surface area contributed by atoms with Crippen LogP contribution in [0.15, 0.2) is 0 Å². The molecule has 19 heteroatoms. The summed E-state index contributed by atoms with van der Waals surface area (Å²) in [5.41, 5.74) is 0. The summed E-state index contributed by atoms with van der Waals surface area (Å²) in [7, 11) is -9.91. The van der Waals surface area contributed by atoms with Crippen LogP contribution in [-0.4, -0.2) is 96.7 Å². The van der Waals surface area contributed by atoms with Crippen LogP contribution in [0, 0.1) is 23.7 Å². The van der Waals surface area contributed by atoms with Gasteiger partial charge in [-0.25, -0.2) is 9.13 Å². The van der Waals surface area contributed by atoms with Gasteiger partial charge in [0.2, 0.25) is 0 Å². The Morgan fingerprint density at radius 1 is 0.292 bits per heavy atom. The lowest BCUT2D eigenvalue weighted by Gasteiger charge is -2.21. The maximum atomic E-state index is 13.1. The zero-order valence-electron chi connectivity index (χ0n) is 63.0. The van der Waals surface area contributed by atoms with Gasteiger partial charge in [-0.1, -0.05) is 338 Å². The highest BCUT2D eigenvalue weighted by Crippen LogP contribution is 2.45. The zero-order chi connectivity index (χ0) is 71.0. The van der Waals surface area contributed by atoms with Gasteiger partial charge in [-0.05, 0) is 49.4 Å². The van der Waals surface area contributed by atoms with Crippen molar-refractivity contribution < 1.29 is 80.2 Å². The van der Waals surface area contributed by atoms with Gasteiger partial charge < -0.3 is 33.8 Å². The molecule has 0 bridgehead atoms. The van der Waals surface area contributed by atoms with Crippen molar-refractivity contribution in [1.29, 1.82) is 0 Å². The van der Waals surface area contributed by atoms with E-state index in [-0.39, 0.29) is 25.7 Å². The summed E-state index contributed by atoms with van der Waals surface area (Å²) < 4.78 is 68.5. The van der Waals surface area contributed by atoms with Crippen molar-refractivity contribution in [3.05, 3.63) is 0 Å². The summed E-state index contributed by atoms with van der Waals surface area (Å²) in [5.74, 6) is 0.937. The molecule has 0 spiro atoms. The van der Waals surface area contributed by atoms with Crippen LogP contribution in [0.25, 0.3) is 0 Å². The third kappa shape index (κ3) is 69.2. The molecule has 17 nitrogen and oxygen atoms in total. The number of ether oxygens (including phenoxy) is 4. The summed E-state index contributed by atoms with van der Waals surface area (Å²) in [6.07, 6.45) is 51.5. The summed E-state index contributed by atoms with van der Waals surface area (Å²) in [6, 6.07) is 0. The summed E-state index contributed by atoms with van der Waals surface area (Å²) in [5, 5.41) is 10.6. The van der Waals surface area contributed by atoms with Crippen molar-refractivity contribution in [2.75, 3.05) is 39.6 Å². The van der Waals surface area contributed by atoms with Gasteiger partial charge in [0.05, 0.1) is 26.4 Å². The van der Waals surface area contributed by atoms with Gasteiger partial charge in [0, 0.05) is 25.7 Å². The van der Waals surface area contributed by atoms with E-state index < -0.39 is 97.5 Å². The first-order chi connectivity index (χ1) is 46.1. The molecule has 0 aromatic rings. The van der Waals surface area contributed by atoms with Crippen molar-refractivity contribution in [2.45, 2.75) is 408 Å². The second-order valence-electron chi connectivity index (χ2n) is 29.4. The molecule has 96 heavy (non-hydrogen) atoms. The molecule has 0 aromatic carbocycles. The summed E-state index contributed by atoms with van der Waals surface area (Å²) in [6.45, 7) is 14.2. The molecule has 0 aliphatic rings. The molecule has 0 aliphatic carbocycles. The van der Waals surface area contributed by atoms with Gasteiger partial charge in [0.15, 0.2) is 12.2 Å². The Bertz CT molecular complexity index is 1890. The number of hydrogen-bond acceptors (Lipinski definition) is 15. The van der Waals surface area contributed by atoms with Gasteiger partial charge in [-0.15, -0.1) is 0 Å². The molecule has 0 rings (SSSR count). The Morgan fingerprint density at radius 3 is 0.740 bits per heavy atom. The zero-order valence-corrected chi connectivity index (χ0v) is 64.8. The molecule has 0 fully saturated rings. The fraction of sp³-hybridized carbons (Fsp3) is 0.948. The van der Waals surface area contributed by atoms with E-state index in [1.54, 1.807) is 0 Å².